The fourth-order valence-corrected chi connectivity index (χ4v) is 4.11. The Balaban J connectivity index is 1.75. The van der Waals surface area contributed by atoms with Gasteiger partial charge >= 0.3 is 0 Å². The molecule has 0 aliphatic rings. The summed E-state index contributed by atoms with van der Waals surface area (Å²) in [6.45, 7) is 0. The van der Waals surface area contributed by atoms with Crippen molar-refractivity contribution in [2.75, 3.05) is 14.1 Å². The van der Waals surface area contributed by atoms with E-state index in [0.717, 1.165) is 38.6 Å². The third-order valence-corrected chi connectivity index (χ3v) is 5.81. The number of hydrogen-bond donors (Lipinski definition) is 2. The lowest BCUT2D eigenvalue weighted by molar-refractivity contribution is -0.129. The molecule has 160 valence electrons. The van der Waals surface area contributed by atoms with E-state index in [1.165, 1.54) is 0 Å². The van der Waals surface area contributed by atoms with E-state index < -0.39 is 6.10 Å². The average Bonchev–Trinajstić information content (AvgIpc) is 3.15. The number of nitrogens with zero attached hydrogens (tertiary/aromatic N) is 1. The number of furan rings is 1. The summed E-state index contributed by atoms with van der Waals surface area (Å²) in [5, 5.41) is 23.2. The summed E-state index contributed by atoms with van der Waals surface area (Å²) >= 11 is 0. The molecule has 5 nitrogen and oxygen atoms in total. The molecule has 0 aliphatic heterocycles. The SMILES string of the molecule is CN(C)C(=O)CCC(O)c1ccc2oc3ccccc3c2c1CCc1ccccc1O. The van der Waals surface area contributed by atoms with Gasteiger partial charge in [0, 0.05) is 31.3 Å². The number of carbonyl (C=O) groups excluding carboxylic acids is 1. The number of carbonyl (C=O) groups is 1. The minimum absolute atomic E-state index is 0.00959. The zero-order chi connectivity index (χ0) is 22.0. The largest absolute Gasteiger partial charge is 0.508 e. The summed E-state index contributed by atoms with van der Waals surface area (Å²) in [6, 6.07) is 19.0. The van der Waals surface area contributed by atoms with Gasteiger partial charge in [0.2, 0.25) is 5.91 Å². The minimum Gasteiger partial charge on any atom is -0.508 e. The van der Waals surface area contributed by atoms with E-state index >= 15 is 0 Å². The maximum absolute atomic E-state index is 12.0. The highest BCUT2D eigenvalue weighted by Gasteiger charge is 2.20. The first kappa shape index (κ1) is 20.9. The fourth-order valence-electron chi connectivity index (χ4n) is 4.11. The lowest BCUT2D eigenvalue weighted by Crippen LogP contribution is -2.22. The van der Waals surface area contributed by atoms with E-state index in [2.05, 4.69) is 0 Å². The Hall–Kier alpha value is -3.31. The Kier molecular flexibility index (Phi) is 5.96. The second-order valence-corrected chi connectivity index (χ2v) is 8.08. The Bertz CT molecular complexity index is 1220. The van der Waals surface area contributed by atoms with Gasteiger partial charge in [-0.1, -0.05) is 42.5 Å². The zero-order valence-electron chi connectivity index (χ0n) is 17.8. The quantitative estimate of drug-likeness (QED) is 0.445. The van der Waals surface area contributed by atoms with Gasteiger partial charge in [-0.05, 0) is 54.2 Å². The maximum Gasteiger partial charge on any atom is 0.222 e. The van der Waals surface area contributed by atoms with E-state index in [0.29, 0.717) is 19.3 Å². The van der Waals surface area contributed by atoms with Crippen LogP contribution in [-0.4, -0.2) is 35.1 Å². The number of aliphatic hydroxyl groups excluding tert-OH is 1. The van der Waals surface area contributed by atoms with Crippen LogP contribution >= 0.6 is 0 Å². The summed E-state index contributed by atoms with van der Waals surface area (Å²) in [5.41, 5.74) is 4.23. The van der Waals surface area contributed by atoms with Crippen molar-refractivity contribution in [1.29, 1.82) is 0 Å². The molecule has 4 rings (SSSR count). The van der Waals surface area contributed by atoms with E-state index in [1.54, 1.807) is 31.1 Å². The molecule has 0 spiro atoms. The number of aliphatic hydroxyl groups is 1. The second kappa shape index (κ2) is 8.82. The van der Waals surface area contributed by atoms with Crippen LogP contribution in [0, 0.1) is 0 Å². The number of amides is 1. The second-order valence-electron chi connectivity index (χ2n) is 8.08. The van der Waals surface area contributed by atoms with Crippen molar-refractivity contribution < 1.29 is 19.4 Å². The van der Waals surface area contributed by atoms with Crippen molar-refractivity contribution in [3.8, 4) is 5.75 Å². The molecule has 1 heterocycles. The van der Waals surface area contributed by atoms with Gasteiger partial charge < -0.3 is 19.5 Å². The van der Waals surface area contributed by atoms with Crippen molar-refractivity contribution in [2.45, 2.75) is 31.8 Å². The smallest absolute Gasteiger partial charge is 0.222 e. The molecule has 0 radical (unpaired) electrons. The number of benzene rings is 3. The summed E-state index contributed by atoms with van der Waals surface area (Å²) in [5.74, 6) is 0.259. The van der Waals surface area contributed by atoms with Crippen molar-refractivity contribution in [2.24, 2.45) is 0 Å². The van der Waals surface area contributed by atoms with Gasteiger partial charge in [-0.15, -0.1) is 0 Å². The first-order chi connectivity index (χ1) is 15.0. The number of fused-ring (bicyclic) bond motifs is 3. The number of hydrogen-bond acceptors (Lipinski definition) is 4. The summed E-state index contributed by atoms with van der Waals surface area (Å²) in [4.78, 5) is 13.6. The molecule has 0 saturated heterocycles. The average molecular weight is 418 g/mol. The minimum atomic E-state index is -0.763. The fraction of sp³-hybridized carbons (Fsp3) is 0.269. The van der Waals surface area contributed by atoms with Gasteiger partial charge in [-0.25, -0.2) is 0 Å². The van der Waals surface area contributed by atoms with Crippen LogP contribution in [0.2, 0.25) is 0 Å². The number of phenolic OH excluding ortho intramolecular Hbond substituents is 1. The number of aryl methyl sites for hydroxylation is 2. The molecule has 0 fully saturated rings. The molecule has 3 aromatic carbocycles. The van der Waals surface area contributed by atoms with Gasteiger partial charge in [-0.3, -0.25) is 4.79 Å². The highest BCUT2D eigenvalue weighted by atomic mass is 16.3. The molecule has 2 N–H and O–H groups in total. The third-order valence-electron chi connectivity index (χ3n) is 5.81. The molecular formula is C26H27NO4. The third kappa shape index (κ3) is 4.28. The summed E-state index contributed by atoms with van der Waals surface area (Å²) < 4.78 is 6.04. The van der Waals surface area contributed by atoms with Crippen molar-refractivity contribution in [3.05, 3.63) is 77.4 Å². The number of para-hydroxylation sites is 2. The van der Waals surface area contributed by atoms with Gasteiger partial charge in [-0.2, -0.15) is 0 Å². The number of rotatable bonds is 7. The molecule has 31 heavy (non-hydrogen) atoms. The molecule has 0 saturated carbocycles. The van der Waals surface area contributed by atoms with E-state index in [1.807, 2.05) is 48.5 Å². The zero-order valence-corrected chi connectivity index (χ0v) is 17.8. The van der Waals surface area contributed by atoms with Gasteiger partial charge in [0.25, 0.3) is 0 Å². The summed E-state index contributed by atoms with van der Waals surface area (Å²) in [7, 11) is 3.44. The highest BCUT2D eigenvalue weighted by molar-refractivity contribution is 6.07. The normalized spacial score (nSPS) is 12.4. The lowest BCUT2D eigenvalue weighted by Gasteiger charge is -2.18. The number of phenols is 1. The first-order valence-electron chi connectivity index (χ1n) is 10.5. The lowest BCUT2D eigenvalue weighted by atomic mass is 9.91. The maximum atomic E-state index is 12.0. The highest BCUT2D eigenvalue weighted by Crippen LogP contribution is 2.37. The van der Waals surface area contributed by atoms with E-state index in [9.17, 15) is 15.0 Å². The van der Waals surface area contributed by atoms with Crippen LogP contribution in [0.25, 0.3) is 21.9 Å². The van der Waals surface area contributed by atoms with Gasteiger partial charge in [0.1, 0.15) is 16.9 Å². The van der Waals surface area contributed by atoms with Crippen molar-refractivity contribution in [1.82, 2.24) is 4.90 Å². The Morgan fingerprint density at radius 2 is 1.71 bits per heavy atom. The molecule has 5 heteroatoms. The van der Waals surface area contributed by atoms with Crippen LogP contribution in [0.4, 0.5) is 0 Å². The molecular weight excluding hydrogens is 390 g/mol. The van der Waals surface area contributed by atoms with Crippen LogP contribution < -0.4 is 0 Å². The van der Waals surface area contributed by atoms with E-state index in [-0.39, 0.29) is 18.1 Å². The molecule has 1 amide bonds. The van der Waals surface area contributed by atoms with Gasteiger partial charge in [0.05, 0.1) is 6.10 Å². The first-order valence-corrected chi connectivity index (χ1v) is 10.5. The predicted molar refractivity (Wildman–Crippen MR) is 122 cm³/mol. The molecule has 4 aromatic rings. The molecule has 1 atom stereocenters. The van der Waals surface area contributed by atoms with Crippen LogP contribution in [0.3, 0.4) is 0 Å². The summed E-state index contributed by atoms with van der Waals surface area (Å²) in [6.07, 6.45) is 1.12. The Morgan fingerprint density at radius 3 is 2.48 bits per heavy atom. The van der Waals surface area contributed by atoms with Crippen molar-refractivity contribution >= 4 is 27.8 Å². The van der Waals surface area contributed by atoms with Crippen LogP contribution in [0.15, 0.2) is 65.1 Å². The Labute approximate surface area is 181 Å². The predicted octanol–water partition coefficient (Wildman–Crippen LogP) is 4.98. The van der Waals surface area contributed by atoms with Crippen LogP contribution in [-0.2, 0) is 17.6 Å². The van der Waals surface area contributed by atoms with Crippen LogP contribution in [0.1, 0.15) is 35.6 Å². The molecule has 0 aliphatic carbocycles. The Morgan fingerprint density at radius 1 is 0.968 bits per heavy atom. The molecule has 1 aromatic heterocycles. The molecule has 1 unspecified atom stereocenters. The van der Waals surface area contributed by atoms with Crippen molar-refractivity contribution in [3.63, 3.8) is 0 Å². The monoisotopic (exact) mass is 417 g/mol. The molecule has 0 bridgehead atoms. The van der Waals surface area contributed by atoms with E-state index in [4.69, 9.17) is 4.42 Å². The number of aromatic hydroxyl groups is 1. The van der Waals surface area contributed by atoms with Crippen LogP contribution in [0.5, 0.6) is 5.75 Å². The van der Waals surface area contributed by atoms with Gasteiger partial charge in [0.15, 0.2) is 0 Å². The standard InChI is InChI=1S/C26H27NO4/c1-27(2)25(30)16-14-22(29)18-13-15-24-26(20-8-4-6-10-23(20)31-24)19(18)12-11-17-7-3-5-9-21(17)28/h3-10,13,15,22,28-29H,11-12,14,16H2,1-2H3. The topological polar surface area (TPSA) is 73.9 Å².